The third-order valence-corrected chi connectivity index (χ3v) is 4.11. The van der Waals surface area contributed by atoms with E-state index >= 15 is 0 Å². The zero-order chi connectivity index (χ0) is 17.5. The van der Waals surface area contributed by atoms with Gasteiger partial charge in [-0.05, 0) is 43.0 Å². The highest BCUT2D eigenvalue weighted by Crippen LogP contribution is 2.19. The van der Waals surface area contributed by atoms with Gasteiger partial charge in [0, 0.05) is 25.3 Å². The zero-order valence-electron chi connectivity index (χ0n) is 14.7. The Bertz CT molecular complexity index is 557. The predicted molar refractivity (Wildman–Crippen MR) is 94.2 cm³/mol. The van der Waals surface area contributed by atoms with Gasteiger partial charge >= 0.3 is 6.03 Å². The van der Waals surface area contributed by atoms with E-state index in [9.17, 15) is 9.59 Å². The molecule has 0 saturated carbocycles. The number of benzene rings is 1. The number of piperidine rings is 1. The lowest BCUT2D eigenvalue weighted by Crippen LogP contribution is -2.47. The molecular weight excluding hydrogens is 306 g/mol. The van der Waals surface area contributed by atoms with Crippen LogP contribution in [0.5, 0.6) is 5.75 Å². The van der Waals surface area contributed by atoms with Crippen LogP contribution in [0, 0.1) is 11.8 Å². The standard InChI is InChI=1S/C18H27N3O3/c1-13(2)11-19-17(22)14-5-4-10-21(12-14)18(23)20-15-6-8-16(24-3)9-7-15/h6-9,13-14H,4-5,10-12H2,1-3H3,(H,19,22)(H,20,23)/t14-/m0/s1. The second-order valence-electron chi connectivity index (χ2n) is 6.58. The molecule has 0 bridgehead atoms. The average molecular weight is 333 g/mol. The normalized spacial score (nSPS) is 17.5. The summed E-state index contributed by atoms with van der Waals surface area (Å²) in [4.78, 5) is 26.3. The Labute approximate surface area is 143 Å². The summed E-state index contributed by atoms with van der Waals surface area (Å²) < 4.78 is 5.10. The summed E-state index contributed by atoms with van der Waals surface area (Å²) in [5.41, 5.74) is 0.715. The number of urea groups is 1. The first kappa shape index (κ1) is 18.1. The van der Waals surface area contributed by atoms with Crippen LogP contribution in [-0.4, -0.2) is 43.6 Å². The van der Waals surface area contributed by atoms with E-state index in [2.05, 4.69) is 24.5 Å². The molecule has 0 unspecified atom stereocenters. The molecule has 0 spiro atoms. The highest BCUT2D eigenvalue weighted by Gasteiger charge is 2.28. The van der Waals surface area contributed by atoms with E-state index in [0.29, 0.717) is 31.2 Å². The maximum atomic E-state index is 12.4. The number of likely N-dealkylation sites (tertiary alicyclic amines) is 1. The molecule has 2 rings (SSSR count). The second-order valence-corrected chi connectivity index (χ2v) is 6.58. The van der Waals surface area contributed by atoms with Crippen molar-refractivity contribution in [2.24, 2.45) is 11.8 Å². The molecule has 24 heavy (non-hydrogen) atoms. The van der Waals surface area contributed by atoms with Crippen LogP contribution < -0.4 is 15.4 Å². The Morgan fingerprint density at radius 1 is 1.29 bits per heavy atom. The molecule has 0 aliphatic carbocycles. The number of ether oxygens (including phenoxy) is 1. The van der Waals surface area contributed by atoms with E-state index < -0.39 is 0 Å². The van der Waals surface area contributed by atoms with Crippen molar-refractivity contribution in [2.45, 2.75) is 26.7 Å². The zero-order valence-corrected chi connectivity index (χ0v) is 14.7. The third kappa shape index (κ3) is 5.15. The summed E-state index contributed by atoms with van der Waals surface area (Å²) in [6.07, 6.45) is 1.67. The van der Waals surface area contributed by atoms with Crippen LogP contribution in [-0.2, 0) is 4.79 Å². The SMILES string of the molecule is COc1ccc(NC(=O)N2CCC[C@H](C(=O)NCC(C)C)C2)cc1. The molecule has 1 heterocycles. The summed E-state index contributed by atoms with van der Waals surface area (Å²) in [5, 5.41) is 5.83. The van der Waals surface area contributed by atoms with Gasteiger partial charge in [0.25, 0.3) is 0 Å². The van der Waals surface area contributed by atoms with Gasteiger partial charge in [0.05, 0.1) is 13.0 Å². The molecule has 1 saturated heterocycles. The molecule has 1 atom stereocenters. The van der Waals surface area contributed by atoms with Crippen molar-refractivity contribution in [2.75, 3.05) is 32.1 Å². The van der Waals surface area contributed by atoms with E-state index in [1.165, 1.54) is 0 Å². The van der Waals surface area contributed by atoms with Crippen LogP contribution in [0.3, 0.4) is 0 Å². The number of methoxy groups -OCH3 is 1. The van der Waals surface area contributed by atoms with Gasteiger partial charge in [-0.25, -0.2) is 4.79 Å². The Morgan fingerprint density at radius 3 is 2.62 bits per heavy atom. The minimum Gasteiger partial charge on any atom is -0.497 e. The van der Waals surface area contributed by atoms with Crippen molar-refractivity contribution < 1.29 is 14.3 Å². The van der Waals surface area contributed by atoms with Gasteiger partial charge in [-0.3, -0.25) is 4.79 Å². The van der Waals surface area contributed by atoms with E-state index in [1.54, 1.807) is 36.3 Å². The molecule has 1 aliphatic heterocycles. The van der Waals surface area contributed by atoms with Crippen molar-refractivity contribution in [3.63, 3.8) is 0 Å². The number of hydrogen-bond acceptors (Lipinski definition) is 3. The van der Waals surface area contributed by atoms with E-state index in [1.807, 2.05) is 0 Å². The molecule has 6 nitrogen and oxygen atoms in total. The maximum absolute atomic E-state index is 12.4. The van der Waals surface area contributed by atoms with Crippen LogP contribution in [0.15, 0.2) is 24.3 Å². The lowest BCUT2D eigenvalue weighted by molar-refractivity contribution is -0.126. The Kier molecular flexibility index (Phi) is 6.46. The summed E-state index contributed by atoms with van der Waals surface area (Å²) in [7, 11) is 1.60. The maximum Gasteiger partial charge on any atom is 0.321 e. The molecule has 0 aromatic heterocycles. The molecule has 1 aromatic rings. The molecule has 6 heteroatoms. The highest BCUT2D eigenvalue weighted by atomic mass is 16.5. The van der Waals surface area contributed by atoms with Crippen molar-refractivity contribution >= 4 is 17.6 Å². The lowest BCUT2D eigenvalue weighted by Gasteiger charge is -2.32. The summed E-state index contributed by atoms with van der Waals surface area (Å²) in [5.74, 6) is 1.09. The number of carbonyl (C=O) groups excluding carboxylic acids is 2. The summed E-state index contributed by atoms with van der Waals surface area (Å²) >= 11 is 0. The molecule has 132 valence electrons. The average Bonchev–Trinajstić information content (AvgIpc) is 2.60. The van der Waals surface area contributed by atoms with Crippen LogP contribution in [0.2, 0.25) is 0 Å². The number of nitrogens with zero attached hydrogens (tertiary/aromatic N) is 1. The number of anilines is 1. The molecule has 1 aromatic carbocycles. The number of hydrogen-bond donors (Lipinski definition) is 2. The summed E-state index contributed by atoms with van der Waals surface area (Å²) in [6, 6.07) is 7.03. The minimum atomic E-state index is -0.165. The number of amides is 3. The van der Waals surface area contributed by atoms with Gasteiger partial charge in [-0.15, -0.1) is 0 Å². The van der Waals surface area contributed by atoms with Gasteiger partial charge in [-0.2, -0.15) is 0 Å². The van der Waals surface area contributed by atoms with Crippen molar-refractivity contribution in [1.29, 1.82) is 0 Å². The van der Waals surface area contributed by atoms with Crippen molar-refractivity contribution in [3.8, 4) is 5.75 Å². The first-order valence-electron chi connectivity index (χ1n) is 8.47. The monoisotopic (exact) mass is 333 g/mol. The highest BCUT2D eigenvalue weighted by molar-refractivity contribution is 5.90. The number of rotatable bonds is 5. The van der Waals surface area contributed by atoms with Gasteiger partial charge < -0.3 is 20.3 Å². The van der Waals surface area contributed by atoms with Crippen molar-refractivity contribution in [3.05, 3.63) is 24.3 Å². The van der Waals surface area contributed by atoms with Crippen molar-refractivity contribution in [1.82, 2.24) is 10.2 Å². The fourth-order valence-electron chi connectivity index (χ4n) is 2.70. The fraction of sp³-hybridized carbons (Fsp3) is 0.556. The third-order valence-electron chi connectivity index (χ3n) is 4.11. The van der Waals surface area contributed by atoms with Crippen LogP contribution in [0.4, 0.5) is 10.5 Å². The first-order valence-corrected chi connectivity index (χ1v) is 8.47. The molecule has 2 N–H and O–H groups in total. The summed E-state index contributed by atoms with van der Waals surface area (Å²) in [6.45, 7) is 5.95. The Balaban J connectivity index is 1.88. The number of carbonyl (C=O) groups is 2. The lowest BCUT2D eigenvalue weighted by atomic mass is 9.97. The van der Waals surface area contributed by atoms with Gasteiger partial charge in [0.15, 0.2) is 0 Å². The van der Waals surface area contributed by atoms with Crippen LogP contribution in [0.25, 0.3) is 0 Å². The van der Waals surface area contributed by atoms with Crippen LogP contribution >= 0.6 is 0 Å². The first-order chi connectivity index (χ1) is 11.5. The van der Waals surface area contributed by atoms with Gasteiger partial charge in [0.1, 0.15) is 5.75 Å². The fourth-order valence-corrected chi connectivity index (χ4v) is 2.70. The second kappa shape index (κ2) is 8.57. The smallest absolute Gasteiger partial charge is 0.321 e. The molecule has 3 amide bonds. The Hall–Kier alpha value is -2.24. The largest absolute Gasteiger partial charge is 0.497 e. The molecule has 1 aliphatic rings. The molecular formula is C18H27N3O3. The van der Waals surface area contributed by atoms with Gasteiger partial charge in [0.2, 0.25) is 5.91 Å². The van der Waals surface area contributed by atoms with E-state index in [4.69, 9.17) is 4.74 Å². The predicted octanol–water partition coefficient (Wildman–Crippen LogP) is 2.71. The van der Waals surface area contributed by atoms with E-state index in [0.717, 1.165) is 18.6 Å². The topological polar surface area (TPSA) is 70.7 Å². The van der Waals surface area contributed by atoms with E-state index in [-0.39, 0.29) is 17.9 Å². The molecule has 1 fully saturated rings. The van der Waals surface area contributed by atoms with Gasteiger partial charge in [-0.1, -0.05) is 13.8 Å². The quantitative estimate of drug-likeness (QED) is 0.870. The van der Waals surface area contributed by atoms with Crippen LogP contribution in [0.1, 0.15) is 26.7 Å². The molecule has 0 radical (unpaired) electrons. The Morgan fingerprint density at radius 2 is 2.00 bits per heavy atom. The number of nitrogens with one attached hydrogen (secondary N) is 2. The minimum absolute atomic E-state index is 0.0469.